The standard InChI is InChI=1S/C45H84O11/c1-3-5-7-9-11-13-15-17-19-21-23-25-27-29-31-35-41(48)53-54-42(49)36-32-33-37-43(50)55-56-45(52)39(44(51)40(47)38-46)34-30-28-26-24-22-20-18-16-14-12-10-8-6-4-2/h39-40,44,46-47,51H,3-38H2,1-2H3. The first-order valence-electron chi connectivity index (χ1n) is 23.0. The summed E-state index contributed by atoms with van der Waals surface area (Å²) in [5, 5.41) is 29.6. The molecule has 0 bridgehead atoms. The molecule has 0 radical (unpaired) electrons. The Bertz CT molecular complexity index is 928. The Labute approximate surface area is 340 Å². The molecule has 3 unspecified atom stereocenters. The van der Waals surface area contributed by atoms with Crippen LogP contribution in [0.25, 0.3) is 0 Å². The molecule has 11 heteroatoms. The van der Waals surface area contributed by atoms with E-state index < -0.39 is 48.6 Å². The average molecular weight is 801 g/mol. The number of aliphatic hydroxyl groups excluding tert-OH is 3. The Kier molecular flexibility index (Phi) is 39.3. The van der Waals surface area contributed by atoms with E-state index in [1.807, 2.05) is 0 Å². The first-order chi connectivity index (χ1) is 27.3. The van der Waals surface area contributed by atoms with Crippen molar-refractivity contribution in [3.05, 3.63) is 0 Å². The Morgan fingerprint density at radius 1 is 0.393 bits per heavy atom. The van der Waals surface area contributed by atoms with E-state index in [-0.39, 0.29) is 38.5 Å². The molecule has 330 valence electrons. The van der Waals surface area contributed by atoms with Crippen molar-refractivity contribution in [2.24, 2.45) is 5.92 Å². The minimum absolute atomic E-state index is 0.0776. The van der Waals surface area contributed by atoms with E-state index in [0.29, 0.717) is 12.8 Å². The molecule has 0 saturated heterocycles. The van der Waals surface area contributed by atoms with Gasteiger partial charge in [0.1, 0.15) is 6.10 Å². The van der Waals surface area contributed by atoms with Crippen molar-refractivity contribution in [2.45, 2.75) is 251 Å². The third-order valence-corrected chi connectivity index (χ3v) is 10.6. The van der Waals surface area contributed by atoms with E-state index in [4.69, 9.17) is 4.89 Å². The van der Waals surface area contributed by atoms with Gasteiger partial charge in [-0.3, -0.25) is 0 Å². The summed E-state index contributed by atoms with van der Waals surface area (Å²) in [5.74, 6) is -4.31. The molecule has 0 heterocycles. The third kappa shape index (κ3) is 35.0. The van der Waals surface area contributed by atoms with Gasteiger partial charge >= 0.3 is 23.9 Å². The fourth-order valence-electron chi connectivity index (χ4n) is 6.91. The summed E-state index contributed by atoms with van der Waals surface area (Å²) >= 11 is 0. The highest BCUT2D eigenvalue weighted by molar-refractivity contribution is 5.75. The highest BCUT2D eigenvalue weighted by Gasteiger charge is 2.34. The molecule has 0 aliphatic carbocycles. The highest BCUT2D eigenvalue weighted by atomic mass is 17.2. The summed E-state index contributed by atoms with van der Waals surface area (Å²) in [6.07, 6.45) is 32.4. The molecule has 0 aliphatic heterocycles. The fourth-order valence-corrected chi connectivity index (χ4v) is 6.91. The zero-order valence-electron chi connectivity index (χ0n) is 35.8. The molecular weight excluding hydrogens is 716 g/mol. The maximum atomic E-state index is 12.7. The molecule has 0 aromatic heterocycles. The van der Waals surface area contributed by atoms with Crippen molar-refractivity contribution < 1.29 is 54.0 Å². The predicted octanol–water partition coefficient (Wildman–Crippen LogP) is 11.0. The molecule has 0 amide bonds. The third-order valence-electron chi connectivity index (χ3n) is 10.6. The smallest absolute Gasteiger partial charge is 0.361 e. The molecule has 0 saturated carbocycles. The minimum Gasteiger partial charge on any atom is -0.394 e. The van der Waals surface area contributed by atoms with Gasteiger partial charge in [0.25, 0.3) is 0 Å². The minimum atomic E-state index is -1.57. The van der Waals surface area contributed by atoms with Crippen LogP contribution in [0.4, 0.5) is 0 Å². The average Bonchev–Trinajstić information content (AvgIpc) is 3.20. The van der Waals surface area contributed by atoms with Gasteiger partial charge < -0.3 is 15.3 Å². The molecule has 0 spiro atoms. The molecule has 0 aromatic rings. The van der Waals surface area contributed by atoms with Gasteiger partial charge in [0.2, 0.25) is 0 Å². The molecule has 56 heavy (non-hydrogen) atoms. The molecule has 11 nitrogen and oxygen atoms in total. The number of hydrogen-bond donors (Lipinski definition) is 3. The predicted molar refractivity (Wildman–Crippen MR) is 220 cm³/mol. The highest BCUT2D eigenvalue weighted by Crippen LogP contribution is 2.21. The monoisotopic (exact) mass is 801 g/mol. The first-order valence-corrected chi connectivity index (χ1v) is 23.0. The van der Waals surface area contributed by atoms with Gasteiger partial charge in [0.05, 0.1) is 37.9 Å². The maximum Gasteiger partial charge on any atom is 0.361 e. The summed E-state index contributed by atoms with van der Waals surface area (Å²) in [5.41, 5.74) is 0. The van der Waals surface area contributed by atoms with Crippen LogP contribution < -0.4 is 0 Å². The van der Waals surface area contributed by atoms with Gasteiger partial charge in [-0.05, 0) is 25.7 Å². The lowest BCUT2D eigenvalue weighted by atomic mass is 9.92. The first kappa shape index (κ1) is 53.8. The van der Waals surface area contributed by atoms with Gasteiger partial charge in [-0.1, -0.05) is 194 Å². The van der Waals surface area contributed by atoms with Crippen molar-refractivity contribution in [2.75, 3.05) is 6.61 Å². The van der Waals surface area contributed by atoms with Crippen LogP contribution in [0.15, 0.2) is 0 Å². The van der Waals surface area contributed by atoms with Crippen molar-refractivity contribution in [1.82, 2.24) is 0 Å². The number of carbonyl (C=O) groups excluding carboxylic acids is 4. The lowest BCUT2D eigenvalue weighted by Crippen LogP contribution is -2.40. The maximum absolute atomic E-state index is 12.7. The van der Waals surface area contributed by atoms with E-state index in [1.54, 1.807) is 0 Å². The van der Waals surface area contributed by atoms with Crippen LogP contribution >= 0.6 is 0 Å². The van der Waals surface area contributed by atoms with E-state index >= 15 is 0 Å². The Morgan fingerprint density at radius 2 is 0.661 bits per heavy atom. The van der Waals surface area contributed by atoms with Gasteiger partial charge in [-0.15, -0.1) is 0 Å². The number of carbonyl (C=O) groups is 4. The van der Waals surface area contributed by atoms with Crippen LogP contribution in [0.3, 0.4) is 0 Å². The summed E-state index contributed by atoms with van der Waals surface area (Å²) < 4.78 is 0. The van der Waals surface area contributed by atoms with Crippen molar-refractivity contribution in [3.8, 4) is 0 Å². The van der Waals surface area contributed by atoms with Crippen LogP contribution in [-0.4, -0.2) is 58.0 Å². The van der Waals surface area contributed by atoms with E-state index in [1.165, 1.54) is 128 Å². The quantitative estimate of drug-likeness (QED) is 0.0307. The van der Waals surface area contributed by atoms with Gasteiger partial charge in [-0.2, -0.15) is 0 Å². The van der Waals surface area contributed by atoms with E-state index in [2.05, 4.69) is 28.5 Å². The molecule has 0 rings (SSSR count). The normalized spacial score (nSPS) is 12.9. The molecule has 0 aromatic carbocycles. The summed E-state index contributed by atoms with van der Waals surface area (Å²) in [7, 11) is 0. The van der Waals surface area contributed by atoms with Crippen molar-refractivity contribution in [3.63, 3.8) is 0 Å². The van der Waals surface area contributed by atoms with Gasteiger partial charge in [0.15, 0.2) is 0 Å². The lowest BCUT2D eigenvalue weighted by molar-refractivity contribution is -0.265. The Morgan fingerprint density at radius 3 is 0.982 bits per heavy atom. The summed E-state index contributed by atoms with van der Waals surface area (Å²) in [4.78, 5) is 67.2. The SMILES string of the molecule is CCCCCCCCCCCCCCCCCC(=O)OOC(=O)CCCCC(=O)OOC(=O)C(CCCCCCCCCCCCCCCC)C(O)C(O)CO. The van der Waals surface area contributed by atoms with Gasteiger partial charge in [0, 0.05) is 0 Å². The number of aliphatic hydroxyl groups is 3. The Hall–Kier alpha value is -2.24. The zero-order valence-corrected chi connectivity index (χ0v) is 35.8. The molecule has 3 N–H and O–H groups in total. The van der Waals surface area contributed by atoms with Crippen LogP contribution in [0.1, 0.15) is 239 Å². The summed E-state index contributed by atoms with van der Waals surface area (Å²) in [6, 6.07) is 0. The topological polar surface area (TPSA) is 166 Å². The van der Waals surface area contributed by atoms with Crippen molar-refractivity contribution >= 4 is 23.9 Å². The molecule has 3 atom stereocenters. The van der Waals surface area contributed by atoms with Crippen LogP contribution in [0.2, 0.25) is 0 Å². The fraction of sp³-hybridized carbons (Fsp3) is 0.911. The summed E-state index contributed by atoms with van der Waals surface area (Å²) in [6.45, 7) is 3.75. The molecule has 0 fully saturated rings. The van der Waals surface area contributed by atoms with E-state index in [9.17, 15) is 34.5 Å². The van der Waals surface area contributed by atoms with Gasteiger partial charge in [-0.25, -0.2) is 38.7 Å². The zero-order chi connectivity index (χ0) is 41.3. The molecular formula is C45H84O11. The second kappa shape index (κ2) is 40.9. The number of hydrogen-bond acceptors (Lipinski definition) is 11. The lowest BCUT2D eigenvalue weighted by Gasteiger charge is -2.23. The van der Waals surface area contributed by atoms with Crippen LogP contribution in [0.5, 0.6) is 0 Å². The van der Waals surface area contributed by atoms with E-state index in [0.717, 1.165) is 44.9 Å². The van der Waals surface area contributed by atoms with Crippen LogP contribution in [-0.2, 0) is 38.7 Å². The van der Waals surface area contributed by atoms with Crippen molar-refractivity contribution in [1.29, 1.82) is 0 Å². The van der Waals surface area contributed by atoms with Crippen LogP contribution in [0, 0.1) is 5.92 Å². The second-order valence-corrected chi connectivity index (χ2v) is 15.9. The number of unbranched alkanes of at least 4 members (excludes halogenated alkanes) is 28. The number of rotatable bonds is 40. The molecule has 0 aliphatic rings. The Balaban J connectivity index is 3.96. The second-order valence-electron chi connectivity index (χ2n) is 15.9. The largest absolute Gasteiger partial charge is 0.394 e.